The number of ether oxygens (including phenoxy) is 2. The molecule has 1 saturated heterocycles. The average Bonchev–Trinajstić information content (AvgIpc) is 2.69. The molecule has 0 saturated carbocycles. The monoisotopic (exact) mass is 353 g/mol. The van der Waals surface area contributed by atoms with Crippen LogP contribution in [-0.4, -0.2) is 49.6 Å². The van der Waals surface area contributed by atoms with Crippen LogP contribution in [0.25, 0.3) is 0 Å². The summed E-state index contributed by atoms with van der Waals surface area (Å²) in [5.41, 5.74) is 2.72. The standard InChI is InChI=1S/C21H23NO4/c1-2-26-21(24)17-9-7-16(8-10-17)20(23)19-6-4-3-5-18(19)15-22-11-13-25-14-12-22/h3-10H,2,11-15H2,1H3. The number of hydrogen-bond acceptors (Lipinski definition) is 5. The van der Waals surface area contributed by atoms with Crippen LogP contribution < -0.4 is 0 Å². The summed E-state index contributed by atoms with van der Waals surface area (Å²) in [6, 6.07) is 14.3. The predicted molar refractivity (Wildman–Crippen MR) is 98.4 cm³/mol. The number of carbonyl (C=O) groups is 2. The molecule has 0 radical (unpaired) electrons. The Kier molecular flexibility index (Phi) is 6.15. The Labute approximate surface area is 153 Å². The van der Waals surface area contributed by atoms with Gasteiger partial charge in [0.05, 0.1) is 25.4 Å². The van der Waals surface area contributed by atoms with E-state index in [-0.39, 0.29) is 11.8 Å². The molecule has 1 aliphatic rings. The Hall–Kier alpha value is -2.50. The SMILES string of the molecule is CCOC(=O)c1ccc(C(=O)c2ccccc2CN2CCOCC2)cc1. The van der Waals surface area contributed by atoms with E-state index in [9.17, 15) is 9.59 Å². The van der Waals surface area contributed by atoms with E-state index in [1.54, 1.807) is 31.2 Å². The second-order valence-corrected chi connectivity index (χ2v) is 6.17. The fraction of sp³-hybridized carbons (Fsp3) is 0.333. The highest BCUT2D eigenvalue weighted by Gasteiger charge is 2.17. The first-order valence-corrected chi connectivity index (χ1v) is 8.89. The van der Waals surface area contributed by atoms with E-state index in [0.29, 0.717) is 23.3 Å². The van der Waals surface area contributed by atoms with E-state index < -0.39 is 0 Å². The van der Waals surface area contributed by atoms with Gasteiger partial charge in [-0.05, 0) is 24.6 Å². The van der Waals surface area contributed by atoms with E-state index in [2.05, 4.69) is 4.90 Å². The molecule has 2 aromatic rings. The quantitative estimate of drug-likeness (QED) is 0.590. The largest absolute Gasteiger partial charge is 0.462 e. The molecule has 0 aromatic heterocycles. The first kappa shape index (κ1) is 18.3. The first-order valence-electron chi connectivity index (χ1n) is 8.89. The third-order valence-corrected chi connectivity index (χ3v) is 4.42. The molecule has 5 nitrogen and oxygen atoms in total. The van der Waals surface area contributed by atoms with Gasteiger partial charge in [0.15, 0.2) is 5.78 Å². The maximum atomic E-state index is 13.0. The van der Waals surface area contributed by atoms with Gasteiger partial charge >= 0.3 is 5.97 Å². The number of nitrogens with zero attached hydrogens (tertiary/aromatic N) is 1. The summed E-state index contributed by atoms with van der Waals surface area (Å²) < 4.78 is 10.4. The lowest BCUT2D eigenvalue weighted by Gasteiger charge is -2.27. The molecular weight excluding hydrogens is 330 g/mol. The summed E-state index contributed by atoms with van der Waals surface area (Å²) in [6.07, 6.45) is 0. The Morgan fingerprint density at radius 2 is 1.65 bits per heavy atom. The first-order chi connectivity index (χ1) is 12.7. The van der Waals surface area contributed by atoms with Crippen molar-refractivity contribution in [3.8, 4) is 0 Å². The normalized spacial score (nSPS) is 14.8. The molecule has 2 aromatic carbocycles. The van der Waals surface area contributed by atoms with Gasteiger partial charge in [-0.15, -0.1) is 0 Å². The third-order valence-electron chi connectivity index (χ3n) is 4.42. The van der Waals surface area contributed by atoms with Gasteiger partial charge in [-0.3, -0.25) is 9.69 Å². The fourth-order valence-corrected chi connectivity index (χ4v) is 3.01. The smallest absolute Gasteiger partial charge is 0.338 e. The minimum Gasteiger partial charge on any atom is -0.462 e. The Morgan fingerprint density at radius 3 is 2.35 bits per heavy atom. The summed E-state index contributed by atoms with van der Waals surface area (Å²) in [7, 11) is 0. The molecule has 26 heavy (non-hydrogen) atoms. The molecule has 0 atom stereocenters. The van der Waals surface area contributed by atoms with E-state index in [0.717, 1.165) is 38.4 Å². The molecule has 0 amide bonds. The van der Waals surface area contributed by atoms with Gasteiger partial charge in [0.2, 0.25) is 0 Å². The maximum absolute atomic E-state index is 13.0. The summed E-state index contributed by atoms with van der Waals surface area (Å²) in [5, 5.41) is 0. The lowest BCUT2D eigenvalue weighted by Crippen LogP contribution is -2.36. The number of benzene rings is 2. The third kappa shape index (κ3) is 4.36. The number of ketones is 1. The van der Waals surface area contributed by atoms with Crippen LogP contribution in [0.5, 0.6) is 0 Å². The van der Waals surface area contributed by atoms with Crippen LogP contribution in [0.1, 0.15) is 38.8 Å². The zero-order valence-electron chi connectivity index (χ0n) is 14.9. The number of carbonyl (C=O) groups excluding carboxylic acids is 2. The predicted octanol–water partition coefficient (Wildman–Crippen LogP) is 2.93. The Balaban J connectivity index is 1.78. The van der Waals surface area contributed by atoms with Crippen LogP contribution in [0.4, 0.5) is 0 Å². The van der Waals surface area contributed by atoms with Gasteiger partial charge in [0.1, 0.15) is 0 Å². The molecule has 0 spiro atoms. The Bertz CT molecular complexity index is 764. The highest BCUT2D eigenvalue weighted by Crippen LogP contribution is 2.18. The van der Waals surface area contributed by atoms with Crippen LogP contribution in [0, 0.1) is 0 Å². The van der Waals surface area contributed by atoms with Crippen LogP contribution in [-0.2, 0) is 16.0 Å². The topological polar surface area (TPSA) is 55.8 Å². The van der Waals surface area contributed by atoms with Gasteiger partial charge in [-0.1, -0.05) is 36.4 Å². The number of hydrogen-bond donors (Lipinski definition) is 0. The molecule has 0 N–H and O–H groups in total. The second-order valence-electron chi connectivity index (χ2n) is 6.17. The molecule has 1 heterocycles. The molecule has 5 heteroatoms. The van der Waals surface area contributed by atoms with Gasteiger partial charge < -0.3 is 9.47 Å². The summed E-state index contributed by atoms with van der Waals surface area (Å²) in [5.74, 6) is -0.413. The van der Waals surface area contributed by atoms with Crippen molar-refractivity contribution in [2.45, 2.75) is 13.5 Å². The number of rotatable bonds is 6. The lowest BCUT2D eigenvalue weighted by atomic mass is 9.97. The molecule has 136 valence electrons. The van der Waals surface area contributed by atoms with Crippen molar-refractivity contribution < 1.29 is 19.1 Å². The van der Waals surface area contributed by atoms with Crippen LogP contribution in [0.2, 0.25) is 0 Å². The van der Waals surface area contributed by atoms with Crippen molar-refractivity contribution in [2.75, 3.05) is 32.9 Å². The van der Waals surface area contributed by atoms with Crippen LogP contribution in [0.3, 0.4) is 0 Å². The van der Waals surface area contributed by atoms with E-state index >= 15 is 0 Å². The molecule has 1 aliphatic heterocycles. The molecule has 0 bridgehead atoms. The van der Waals surface area contributed by atoms with E-state index in [1.165, 1.54) is 0 Å². The van der Waals surface area contributed by atoms with Gasteiger partial charge in [0, 0.05) is 30.8 Å². The zero-order chi connectivity index (χ0) is 18.4. The summed E-state index contributed by atoms with van der Waals surface area (Å²) in [6.45, 7) is 6.02. The minimum absolute atomic E-state index is 0.0377. The number of morpholine rings is 1. The van der Waals surface area contributed by atoms with Crippen molar-refractivity contribution in [1.29, 1.82) is 0 Å². The van der Waals surface area contributed by atoms with Crippen molar-refractivity contribution in [3.63, 3.8) is 0 Å². The van der Waals surface area contributed by atoms with Crippen molar-refractivity contribution in [2.24, 2.45) is 0 Å². The molecule has 3 rings (SSSR count). The zero-order valence-corrected chi connectivity index (χ0v) is 14.9. The van der Waals surface area contributed by atoms with E-state index in [1.807, 2.05) is 24.3 Å². The average molecular weight is 353 g/mol. The van der Waals surface area contributed by atoms with Crippen molar-refractivity contribution in [3.05, 3.63) is 70.8 Å². The molecule has 1 fully saturated rings. The maximum Gasteiger partial charge on any atom is 0.338 e. The minimum atomic E-state index is -0.376. The molecule has 0 aliphatic carbocycles. The second kappa shape index (κ2) is 8.74. The van der Waals surface area contributed by atoms with Gasteiger partial charge in [-0.2, -0.15) is 0 Å². The van der Waals surface area contributed by atoms with Crippen molar-refractivity contribution in [1.82, 2.24) is 4.90 Å². The summed E-state index contributed by atoms with van der Waals surface area (Å²) in [4.78, 5) is 27.0. The van der Waals surface area contributed by atoms with Gasteiger partial charge in [0.25, 0.3) is 0 Å². The van der Waals surface area contributed by atoms with Crippen LogP contribution >= 0.6 is 0 Å². The summed E-state index contributed by atoms with van der Waals surface area (Å²) >= 11 is 0. The Morgan fingerprint density at radius 1 is 1.00 bits per heavy atom. The van der Waals surface area contributed by atoms with Crippen LogP contribution in [0.15, 0.2) is 48.5 Å². The molecule has 0 unspecified atom stereocenters. The van der Waals surface area contributed by atoms with Gasteiger partial charge in [-0.25, -0.2) is 4.79 Å². The number of esters is 1. The van der Waals surface area contributed by atoms with Crippen molar-refractivity contribution >= 4 is 11.8 Å². The lowest BCUT2D eigenvalue weighted by molar-refractivity contribution is 0.0341. The van der Waals surface area contributed by atoms with E-state index in [4.69, 9.17) is 9.47 Å². The molecular formula is C21H23NO4. The fourth-order valence-electron chi connectivity index (χ4n) is 3.01. The highest BCUT2D eigenvalue weighted by molar-refractivity contribution is 6.10. The highest BCUT2D eigenvalue weighted by atomic mass is 16.5.